The van der Waals surface area contributed by atoms with Crippen molar-refractivity contribution in [3.05, 3.63) is 58.9 Å². The number of amides is 1. The Morgan fingerprint density at radius 1 is 1.11 bits per heavy atom. The van der Waals surface area contributed by atoms with Crippen LogP contribution in [0.15, 0.2) is 36.5 Å². The standard InChI is InChI=1S/C23H31N3O2/c1-17-16-18(7-8-19(17)22(2,3)28)21(27)26-12-9-23(10-13-26)20-6-5-11-25(20)15-14-24(23)4/h5-8,11,16,28H,9-10,12-15H2,1-4H3. The molecule has 1 fully saturated rings. The van der Waals surface area contributed by atoms with Gasteiger partial charge < -0.3 is 14.6 Å². The lowest BCUT2D eigenvalue weighted by Gasteiger charge is -2.50. The predicted molar refractivity (Wildman–Crippen MR) is 110 cm³/mol. The zero-order valence-electron chi connectivity index (χ0n) is 17.4. The number of nitrogens with zero attached hydrogens (tertiary/aromatic N) is 3. The molecule has 3 heterocycles. The summed E-state index contributed by atoms with van der Waals surface area (Å²) in [5.41, 5.74) is 3.06. The van der Waals surface area contributed by atoms with Gasteiger partial charge in [-0.25, -0.2) is 0 Å². The van der Waals surface area contributed by atoms with Crippen molar-refractivity contribution < 1.29 is 9.90 Å². The van der Waals surface area contributed by atoms with Crippen LogP contribution in [0.3, 0.4) is 0 Å². The van der Waals surface area contributed by atoms with Crippen LogP contribution in [0.1, 0.15) is 53.9 Å². The Balaban J connectivity index is 1.52. The molecule has 0 saturated carbocycles. The molecule has 1 spiro atoms. The van der Waals surface area contributed by atoms with E-state index in [0.29, 0.717) is 5.56 Å². The highest BCUT2D eigenvalue weighted by Crippen LogP contribution is 2.40. The van der Waals surface area contributed by atoms with Gasteiger partial charge in [-0.05, 0) is 76.1 Å². The molecule has 2 aliphatic heterocycles. The van der Waals surface area contributed by atoms with Gasteiger partial charge >= 0.3 is 0 Å². The first kappa shape index (κ1) is 19.2. The van der Waals surface area contributed by atoms with E-state index in [-0.39, 0.29) is 11.4 Å². The van der Waals surface area contributed by atoms with Crippen LogP contribution in [-0.4, -0.2) is 52.1 Å². The number of aromatic nitrogens is 1. The highest BCUT2D eigenvalue weighted by atomic mass is 16.3. The quantitative estimate of drug-likeness (QED) is 0.870. The van der Waals surface area contributed by atoms with Crippen LogP contribution in [-0.2, 0) is 17.7 Å². The highest BCUT2D eigenvalue weighted by molar-refractivity contribution is 5.94. The van der Waals surface area contributed by atoms with E-state index >= 15 is 0 Å². The third-order valence-electron chi connectivity index (χ3n) is 6.72. The molecule has 0 unspecified atom stereocenters. The molecule has 28 heavy (non-hydrogen) atoms. The molecule has 1 aromatic heterocycles. The Morgan fingerprint density at radius 2 is 1.82 bits per heavy atom. The lowest BCUT2D eigenvalue weighted by atomic mass is 9.81. The lowest BCUT2D eigenvalue weighted by Crippen LogP contribution is -2.56. The van der Waals surface area contributed by atoms with Crippen molar-refractivity contribution in [3.63, 3.8) is 0 Å². The van der Waals surface area contributed by atoms with Crippen LogP contribution in [0.25, 0.3) is 0 Å². The molecule has 150 valence electrons. The van der Waals surface area contributed by atoms with E-state index in [1.165, 1.54) is 5.69 Å². The van der Waals surface area contributed by atoms with Crippen LogP contribution in [0, 0.1) is 6.92 Å². The van der Waals surface area contributed by atoms with E-state index in [2.05, 4.69) is 34.8 Å². The van der Waals surface area contributed by atoms with Gasteiger partial charge in [-0.1, -0.05) is 6.07 Å². The van der Waals surface area contributed by atoms with Gasteiger partial charge in [0.05, 0.1) is 11.1 Å². The molecule has 4 rings (SSSR count). The van der Waals surface area contributed by atoms with Crippen LogP contribution in [0.5, 0.6) is 0 Å². The molecule has 1 amide bonds. The van der Waals surface area contributed by atoms with Crippen molar-refractivity contribution >= 4 is 5.91 Å². The summed E-state index contributed by atoms with van der Waals surface area (Å²) < 4.78 is 2.37. The Labute approximate surface area is 167 Å². The fourth-order valence-electron chi connectivity index (χ4n) is 5.08. The minimum Gasteiger partial charge on any atom is -0.386 e. The van der Waals surface area contributed by atoms with Gasteiger partial charge in [-0.2, -0.15) is 0 Å². The number of aliphatic hydroxyl groups is 1. The fraction of sp³-hybridized carbons (Fsp3) is 0.522. The Kier molecular flexibility index (Phi) is 4.63. The maximum absolute atomic E-state index is 13.1. The summed E-state index contributed by atoms with van der Waals surface area (Å²) in [7, 11) is 2.21. The SMILES string of the molecule is Cc1cc(C(=O)N2CCC3(CC2)c2cccn2CCN3C)ccc1C(C)(C)O. The first-order valence-electron chi connectivity index (χ1n) is 10.2. The molecule has 0 atom stereocenters. The molecule has 0 bridgehead atoms. The summed E-state index contributed by atoms with van der Waals surface area (Å²) >= 11 is 0. The number of carbonyl (C=O) groups is 1. The monoisotopic (exact) mass is 381 g/mol. The van der Waals surface area contributed by atoms with Crippen molar-refractivity contribution in [2.24, 2.45) is 0 Å². The first-order chi connectivity index (χ1) is 13.2. The third kappa shape index (κ3) is 3.07. The molecule has 1 aromatic carbocycles. The number of rotatable bonds is 2. The number of likely N-dealkylation sites (N-methyl/N-ethyl adjacent to an activating group) is 1. The molecule has 1 N–H and O–H groups in total. The summed E-state index contributed by atoms with van der Waals surface area (Å²) in [5, 5.41) is 10.3. The molecule has 2 aromatic rings. The minimum atomic E-state index is -0.899. The third-order valence-corrected chi connectivity index (χ3v) is 6.72. The van der Waals surface area contributed by atoms with Crippen molar-refractivity contribution in [1.82, 2.24) is 14.4 Å². The molecule has 5 heteroatoms. The molecule has 2 aliphatic rings. The zero-order valence-corrected chi connectivity index (χ0v) is 17.4. The first-order valence-corrected chi connectivity index (χ1v) is 10.2. The number of likely N-dealkylation sites (tertiary alicyclic amines) is 1. The summed E-state index contributed by atoms with van der Waals surface area (Å²) in [6, 6.07) is 10.0. The van der Waals surface area contributed by atoms with Gasteiger partial charge in [-0.3, -0.25) is 9.69 Å². The number of fused-ring (bicyclic) bond motifs is 2. The van der Waals surface area contributed by atoms with Crippen molar-refractivity contribution in [2.75, 3.05) is 26.7 Å². The van der Waals surface area contributed by atoms with Crippen LogP contribution >= 0.6 is 0 Å². The predicted octanol–water partition coefficient (Wildman–Crippen LogP) is 3.10. The molecular weight excluding hydrogens is 350 g/mol. The van der Waals surface area contributed by atoms with Gasteiger partial charge in [0.2, 0.25) is 0 Å². The smallest absolute Gasteiger partial charge is 0.253 e. The molecule has 5 nitrogen and oxygen atoms in total. The van der Waals surface area contributed by atoms with Crippen LogP contribution in [0.4, 0.5) is 0 Å². The summed E-state index contributed by atoms with van der Waals surface area (Å²) in [6.45, 7) is 9.12. The number of aryl methyl sites for hydroxylation is 1. The van der Waals surface area contributed by atoms with Gasteiger partial charge in [0.25, 0.3) is 5.91 Å². The van der Waals surface area contributed by atoms with E-state index in [0.717, 1.165) is 50.1 Å². The Bertz CT molecular complexity index is 885. The summed E-state index contributed by atoms with van der Waals surface area (Å²) in [4.78, 5) is 17.6. The van der Waals surface area contributed by atoms with Gasteiger partial charge in [0.1, 0.15) is 0 Å². The second kappa shape index (κ2) is 6.75. The molecule has 0 radical (unpaired) electrons. The number of piperidine rings is 1. The van der Waals surface area contributed by atoms with E-state index < -0.39 is 5.60 Å². The number of carbonyl (C=O) groups excluding carboxylic acids is 1. The number of hydrogen-bond acceptors (Lipinski definition) is 3. The molecule has 1 saturated heterocycles. The van der Waals surface area contributed by atoms with E-state index in [9.17, 15) is 9.90 Å². The second-order valence-electron chi connectivity index (χ2n) is 8.92. The van der Waals surface area contributed by atoms with E-state index in [1.807, 2.05) is 30.0 Å². The van der Waals surface area contributed by atoms with E-state index in [4.69, 9.17) is 0 Å². The van der Waals surface area contributed by atoms with Gasteiger partial charge in [-0.15, -0.1) is 0 Å². The maximum atomic E-state index is 13.1. The van der Waals surface area contributed by atoms with Crippen LogP contribution in [0.2, 0.25) is 0 Å². The van der Waals surface area contributed by atoms with Crippen molar-refractivity contribution in [1.29, 1.82) is 0 Å². The second-order valence-corrected chi connectivity index (χ2v) is 8.92. The summed E-state index contributed by atoms with van der Waals surface area (Å²) in [5.74, 6) is 0.0918. The molecular formula is C23H31N3O2. The van der Waals surface area contributed by atoms with E-state index in [1.54, 1.807) is 13.8 Å². The number of hydrogen-bond donors (Lipinski definition) is 1. The Morgan fingerprint density at radius 3 is 2.46 bits per heavy atom. The number of benzene rings is 1. The summed E-state index contributed by atoms with van der Waals surface area (Å²) in [6.07, 6.45) is 4.09. The van der Waals surface area contributed by atoms with Crippen LogP contribution < -0.4 is 0 Å². The minimum absolute atomic E-state index is 0.0409. The topological polar surface area (TPSA) is 48.7 Å². The largest absolute Gasteiger partial charge is 0.386 e. The average Bonchev–Trinajstić information content (AvgIpc) is 3.14. The highest BCUT2D eigenvalue weighted by Gasteiger charge is 2.44. The normalized spacial score (nSPS) is 19.7. The van der Waals surface area contributed by atoms with Crippen molar-refractivity contribution in [2.45, 2.75) is 51.3 Å². The average molecular weight is 382 g/mol. The maximum Gasteiger partial charge on any atom is 0.253 e. The van der Waals surface area contributed by atoms with Gasteiger partial charge in [0, 0.05) is 43.6 Å². The fourth-order valence-corrected chi connectivity index (χ4v) is 5.08. The molecule has 0 aliphatic carbocycles. The van der Waals surface area contributed by atoms with Crippen molar-refractivity contribution in [3.8, 4) is 0 Å². The lowest BCUT2D eigenvalue weighted by molar-refractivity contribution is 0.0131. The van der Waals surface area contributed by atoms with Gasteiger partial charge in [0.15, 0.2) is 0 Å². The Hall–Kier alpha value is -2.11. The zero-order chi connectivity index (χ0) is 20.1.